The molecular weight excluding hydrogens is 280 g/mol. The molecule has 1 heterocycles. The van der Waals surface area contributed by atoms with E-state index in [1.165, 1.54) is 0 Å². The molecule has 0 saturated carbocycles. The van der Waals surface area contributed by atoms with Gasteiger partial charge in [0.2, 0.25) is 5.91 Å². The van der Waals surface area contributed by atoms with Crippen LogP contribution in [0.2, 0.25) is 0 Å². The van der Waals surface area contributed by atoms with Crippen LogP contribution in [-0.4, -0.2) is 67.3 Å². The summed E-state index contributed by atoms with van der Waals surface area (Å²) in [7, 11) is 1.63. The number of benzene rings is 1. The van der Waals surface area contributed by atoms with E-state index < -0.39 is 0 Å². The SMILES string of the molecule is COc1ccc(C)cc1C=CC(=O)N1CCN(CCO)CC1. The van der Waals surface area contributed by atoms with Gasteiger partial charge in [-0.2, -0.15) is 0 Å². The fourth-order valence-electron chi connectivity index (χ4n) is 2.58. The molecule has 0 aromatic heterocycles. The Labute approximate surface area is 131 Å². The minimum Gasteiger partial charge on any atom is -0.496 e. The molecule has 1 saturated heterocycles. The topological polar surface area (TPSA) is 53.0 Å². The third kappa shape index (κ3) is 4.32. The number of carbonyl (C=O) groups excluding carboxylic acids is 1. The highest BCUT2D eigenvalue weighted by atomic mass is 16.5. The Hall–Kier alpha value is -1.85. The maximum Gasteiger partial charge on any atom is 0.246 e. The van der Waals surface area contributed by atoms with Gasteiger partial charge in [-0.05, 0) is 25.1 Å². The van der Waals surface area contributed by atoms with Gasteiger partial charge in [0.1, 0.15) is 5.75 Å². The van der Waals surface area contributed by atoms with Gasteiger partial charge in [-0.15, -0.1) is 0 Å². The molecule has 1 N–H and O–H groups in total. The quantitative estimate of drug-likeness (QED) is 0.829. The van der Waals surface area contributed by atoms with E-state index in [9.17, 15) is 4.79 Å². The number of aryl methyl sites for hydroxylation is 1. The van der Waals surface area contributed by atoms with Crippen molar-refractivity contribution in [2.45, 2.75) is 6.92 Å². The van der Waals surface area contributed by atoms with E-state index in [1.807, 2.05) is 36.1 Å². The maximum atomic E-state index is 12.3. The number of ether oxygens (including phenoxy) is 1. The standard InChI is InChI=1S/C17H24N2O3/c1-14-3-5-16(22-2)15(13-14)4-6-17(21)19-9-7-18(8-10-19)11-12-20/h3-6,13,20H,7-12H2,1-2H3. The molecule has 5 nitrogen and oxygen atoms in total. The Bertz CT molecular complexity index is 535. The number of aliphatic hydroxyl groups excluding tert-OH is 1. The van der Waals surface area contributed by atoms with Crippen LogP contribution in [0.1, 0.15) is 11.1 Å². The van der Waals surface area contributed by atoms with Crippen LogP contribution in [0.4, 0.5) is 0 Å². The van der Waals surface area contributed by atoms with Gasteiger partial charge in [-0.3, -0.25) is 9.69 Å². The lowest BCUT2D eigenvalue weighted by Gasteiger charge is -2.33. The van der Waals surface area contributed by atoms with Crippen molar-refractivity contribution < 1.29 is 14.6 Å². The molecule has 0 atom stereocenters. The second kappa shape index (κ2) is 7.96. The summed E-state index contributed by atoms with van der Waals surface area (Å²) < 4.78 is 5.31. The summed E-state index contributed by atoms with van der Waals surface area (Å²) in [6.45, 7) is 5.89. The summed E-state index contributed by atoms with van der Waals surface area (Å²) in [5, 5.41) is 8.93. The highest BCUT2D eigenvalue weighted by molar-refractivity contribution is 5.92. The van der Waals surface area contributed by atoms with Crippen molar-refractivity contribution in [2.24, 2.45) is 0 Å². The molecule has 0 bridgehead atoms. The highest BCUT2D eigenvalue weighted by Crippen LogP contribution is 2.21. The number of aliphatic hydroxyl groups is 1. The van der Waals surface area contributed by atoms with Crippen LogP contribution in [0.25, 0.3) is 6.08 Å². The van der Waals surface area contributed by atoms with Gasteiger partial charge in [0.05, 0.1) is 13.7 Å². The molecule has 22 heavy (non-hydrogen) atoms. The Kier molecular flexibility index (Phi) is 5.98. The minimum absolute atomic E-state index is 0.0206. The predicted molar refractivity (Wildman–Crippen MR) is 86.9 cm³/mol. The first-order chi connectivity index (χ1) is 10.6. The molecule has 1 fully saturated rings. The Morgan fingerprint density at radius 3 is 2.68 bits per heavy atom. The molecule has 0 unspecified atom stereocenters. The van der Waals surface area contributed by atoms with E-state index in [1.54, 1.807) is 13.2 Å². The van der Waals surface area contributed by atoms with E-state index in [4.69, 9.17) is 9.84 Å². The lowest BCUT2D eigenvalue weighted by atomic mass is 10.1. The second-order valence-electron chi connectivity index (χ2n) is 5.47. The van der Waals surface area contributed by atoms with Gasteiger partial charge in [-0.1, -0.05) is 11.6 Å². The normalized spacial score (nSPS) is 16.2. The summed E-state index contributed by atoms with van der Waals surface area (Å²) in [4.78, 5) is 16.3. The van der Waals surface area contributed by atoms with E-state index in [-0.39, 0.29) is 12.5 Å². The molecule has 1 aliphatic heterocycles. The van der Waals surface area contributed by atoms with Crippen LogP contribution in [0, 0.1) is 6.92 Å². The second-order valence-corrected chi connectivity index (χ2v) is 5.47. The molecule has 0 radical (unpaired) electrons. The van der Waals surface area contributed by atoms with Crippen molar-refractivity contribution in [3.63, 3.8) is 0 Å². The number of hydrogen-bond acceptors (Lipinski definition) is 4. The summed E-state index contributed by atoms with van der Waals surface area (Å²) in [6, 6.07) is 5.90. The van der Waals surface area contributed by atoms with Crippen molar-refractivity contribution in [1.29, 1.82) is 0 Å². The molecule has 1 aromatic carbocycles. The number of rotatable bonds is 5. The highest BCUT2D eigenvalue weighted by Gasteiger charge is 2.18. The maximum absolute atomic E-state index is 12.3. The van der Waals surface area contributed by atoms with E-state index in [2.05, 4.69) is 4.90 Å². The smallest absolute Gasteiger partial charge is 0.246 e. The van der Waals surface area contributed by atoms with Gasteiger partial charge in [0, 0.05) is 44.4 Å². The van der Waals surface area contributed by atoms with Crippen LogP contribution in [0.3, 0.4) is 0 Å². The third-order valence-corrected chi connectivity index (χ3v) is 3.89. The van der Waals surface area contributed by atoms with E-state index in [0.29, 0.717) is 19.6 Å². The number of hydrogen-bond donors (Lipinski definition) is 1. The van der Waals surface area contributed by atoms with Crippen molar-refractivity contribution in [3.8, 4) is 5.75 Å². The zero-order valence-corrected chi connectivity index (χ0v) is 13.3. The van der Waals surface area contributed by atoms with Crippen molar-refractivity contribution in [3.05, 3.63) is 35.4 Å². The molecular formula is C17H24N2O3. The van der Waals surface area contributed by atoms with Crippen LogP contribution < -0.4 is 4.74 Å². The zero-order chi connectivity index (χ0) is 15.9. The van der Waals surface area contributed by atoms with Gasteiger partial charge in [-0.25, -0.2) is 0 Å². The fraction of sp³-hybridized carbons (Fsp3) is 0.471. The van der Waals surface area contributed by atoms with Gasteiger partial charge < -0.3 is 14.7 Å². The summed E-state index contributed by atoms with van der Waals surface area (Å²) in [5.74, 6) is 0.787. The van der Waals surface area contributed by atoms with E-state index in [0.717, 1.165) is 30.0 Å². The Morgan fingerprint density at radius 1 is 1.32 bits per heavy atom. The number of amides is 1. The van der Waals surface area contributed by atoms with Gasteiger partial charge in [0.25, 0.3) is 0 Å². The molecule has 0 aliphatic carbocycles. The molecule has 2 rings (SSSR count). The van der Waals surface area contributed by atoms with E-state index >= 15 is 0 Å². The van der Waals surface area contributed by atoms with Gasteiger partial charge in [0.15, 0.2) is 0 Å². The van der Waals surface area contributed by atoms with Crippen LogP contribution in [-0.2, 0) is 4.79 Å². The first-order valence-corrected chi connectivity index (χ1v) is 7.59. The lowest BCUT2D eigenvalue weighted by Crippen LogP contribution is -2.48. The fourth-order valence-corrected chi connectivity index (χ4v) is 2.58. The summed E-state index contributed by atoms with van der Waals surface area (Å²) in [5.41, 5.74) is 2.04. The molecule has 1 aromatic rings. The number of carbonyl (C=O) groups is 1. The number of piperazine rings is 1. The lowest BCUT2D eigenvalue weighted by molar-refractivity contribution is -0.127. The number of nitrogens with zero attached hydrogens (tertiary/aromatic N) is 2. The molecule has 120 valence electrons. The van der Waals surface area contributed by atoms with Crippen LogP contribution in [0.15, 0.2) is 24.3 Å². The average molecular weight is 304 g/mol. The van der Waals surface area contributed by atoms with Crippen molar-refractivity contribution >= 4 is 12.0 Å². The van der Waals surface area contributed by atoms with Crippen LogP contribution in [0.5, 0.6) is 5.75 Å². The third-order valence-electron chi connectivity index (χ3n) is 3.89. The van der Waals surface area contributed by atoms with Crippen molar-refractivity contribution in [2.75, 3.05) is 46.4 Å². The van der Waals surface area contributed by atoms with Crippen molar-refractivity contribution in [1.82, 2.24) is 9.80 Å². The molecule has 1 amide bonds. The Balaban J connectivity index is 1.96. The molecule has 1 aliphatic rings. The zero-order valence-electron chi connectivity index (χ0n) is 13.3. The first-order valence-electron chi connectivity index (χ1n) is 7.59. The predicted octanol–water partition coefficient (Wildman–Crippen LogP) is 1.15. The minimum atomic E-state index is 0.0206. The monoisotopic (exact) mass is 304 g/mol. The van der Waals surface area contributed by atoms with Gasteiger partial charge >= 0.3 is 0 Å². The first kappa shape index (κ1) is 16.5. The summed E-state index contributed by atoms with van der Waals surface area (Å²) in [6.07, 6.45) is 3.42. The number of methoxy groups -OCH3 is 1. The molecule has 0 spiro atoms. The summed E-state index contributed by atoms with van der Waals surface area (Å²) >= 11 is 0. The number of β-amino-alcohol motifs (C(OH)–C–C–N with tert-alkyl or cyclic N) is 1. The molecule has 5 heteroatoms. The average Bonchev–Trinajstić information content (AvgIpc) is 2.54. The largest absolute Gasteiger partial charge is 0.496 e. The Morgan fingerprint density at radius 2 is 2.05 bits per heavy atom. The van der Waals surface area contributed by atoms with Crippen LogP contribution >= 0.6 is 0 Å².